The number of nitrogens with zero attached hydrogens (tertiary/aromatic N) is 4. The first-order valence-corrected chi connectivity index (χ1v) is 10.7. The lowest BCUT2D eigenvalue weighted by atomic mass is 10.1. The fourth-order valence-corrected chi connectivity index (χ4v) is 4.38. The Bertz CT molecular complexity index is 1040. The van der Waals surface area contributed by atoms with Gasteiger partial charge in [-0.05, 0) is 17.7 Å². The summed E-state index contributed by atoms with van der Waals surface area (Å²) < 4.78 is 5.19. The van der Waals surface area contributed by atoms with E-state index in [4.69, 9.17) is 4.74 Å². The van der Waals surface area contributed by atoms with Crippen LogP contribution in [0.5, 0.6) is 5.75 Å². The Hall–Kier alpha value is -3.21. The first-order valence-electron chi connectivity index (χ1n) is 9.77. The fraction of sp³-hybridized carbons (Fsp3) is 0.261. The fourth-order valence-electron chi connectivity index (χ4n) is 3.58. The third-order valence-corrected chi connectivity index (χ3v) is 6.16. The van der Waals surface area contributed by atoms with Gasteiger partial charge in [-0.25, -0.2) is 4.98 Å². The second kappa shape index (κ2) is 9.08. The van der Waals surface area contributed by atoms with E-state index in [9.17, 15) is 10.1 Å². The Labute approximate surface area is 180 Å². The molecule has 1 fully saturated rings. The first-order chi connectivity index (χ1) is 14.7. The minimum atomic E-state index is -0.336. The highest BCUT2D eigenvalue weighted by atomic mass is 32.1. The zero-order valence-electron chi connectivity index (χ0n) is 16.7. The van der Waals surface area contributed by atoms with Gasteiger partial charge in [0, 0.05) is 37.1 Å². The molecule has 7 heteroatoms. The van der Waals surface area contributed by atoms with E-state index in [0.717, 1.165) is 21.9 Å². The lowest BCUT2D eigenvalue weighted by Gasteiger charge is -2.36. The summed E-state index contributed by atoms with van der Waals surface area (Å²) in [6.45, 7) is 2.44. The number of thiazole rings is 1. The van der Waals surface area contributed by atoms with Crippen LogP contribution in [0.1, 0.15) is 22.1 Å². The quantitative estimate of drug-likeness (QED) is 0.630. The van der Waals surface area contributed by atoms with Crippen LogP contribution >= 0.6 is 11.3 Å². The topological polar surface area (TPSA) is 69.5 Å². The van der Waals surface area contributed by atoms with Gasteiger partial charge in [-0.3, -0.25) is 9.69 Å². The largest absolute Gasteiger partial charge is 0.497 e. The number of nitriles is 1. The lowest BCUT2D eigenvalue weighted by Crippen LogP contribution is -2.49. The normalized spacial score (nSPS) is 15.4. The summed E-state index contributed by atoms with van der Waals surface area (Å²) in [6, 6.07) is 19.5. The molecule has 0 bridgehead atoms. The second-order valence-corrected chi connectivity index (χ2v) is 7.89. The Morgan fingerprint density at radius 2 is 1.80 bits per heavy atom. The highest BCUT2D eigenvalue weighted by Gasteiger charge is 2.28. The average Bonchev–Trinajstić information content (AvgIpc) is 3.31. The van der Waals surface area contributed by atoms with E-state index in [1.54, 1.807) is 7.11 Å². The van der Waals surface area contributed by atoms with Crippen LogP contribution in [0.25, 0.3) is 10.6 Å². The Kier molecular flexibility index (Phi) is 6.07. The molecule has 2 aromatic carbocycles. The highest BCUT2D eigenvalue weighted by Crippen LogP contribution is 2.26. The molecular weight excluding hydrogens is 396 g/mol. The van der Waals surface area contributed by atoms with Crippen LogP contribution in [0.2, 0.25) is 0 Å². The molecule has 0 N–H and O–H groups in total. The summed E-state index contributed by atoms with van der Waals surface area (Å²) in [5.41, 5.74) is 2.44. The Morgan fingerprint density at radius 1 is 1.10 bits per heavy atom. The third kappa shape index (κ3) is 4.20. The van der Waals surface area contributed by atoms with Crippen molar-refractivity contribution in [3.05, 3.63) is 71.2 Å². The molecule has 1 aliphatic rings. The lowest BCUT2D eigenvalue weighted by molar-refractivity contribution is 0.0601. The molecule has 0 radical (unpaired) electrons. The molecule has 0 saturated carbocycles. The third-order valence-electron chi connectivity index (χ3n) is 5.26. The molecule has 1 amide bonds. The molecular formula is C23H22N4O2S. The van der Waals surface area contributed by atoms with Crippen LogP contribution < -0.4 is 4.74 Å². The number of benzene rings is 2. The number of hydrogen-bond donors (Lipinski definition) is 0. The monoisotopic (exact) mass is 418 g/mol. The van der Waals surface area contributed by atoms with Crippen molar-refractivity contribution in [2.24, 2.45) is 0 Å². The molecule has 3 aromatic rings. The van der Waals surface area contributed by atoms with Gasteiger partial charge in [-0.1, -0.05) is 42.5 Å². The predicted octanol–water partition coefficient (Wildman–Crippen LogP) is 3.84. The van der Waals surface area contributed by atoms with Crippen molar-refractivity contribution in [1.82, 2.24) is 14.8 Å². The van der Waals surface area contributed by atoms with Gasteiger partial charge < -0.3 is 9.64 Å². The van der Waals surface area contributed by atoms with Gasteiger partial charge >= 0.3 is 0 Å². The number of carbonyl (C=O) groups excluding carboxylic acids is 1. The van der Waals surface area contributed by atoms with Gasteiger partial charge in [0.05, 0.1) is 13.2 Å². The number of methoxy groups -OCH3 is 1. The van der Waals surface area contributed by atoms with Crippen molar-refractivity contribution in [2.75, 3.05) is 33.3 Å². The SMILES string of the molecule is COc1ccc(C(C#N)N2CCN(C(=O)c3csc(-c4ccccc4)n3)CC2)cc1. The van der Waals surface area contributed by atoms with E-state index >= 15 is 0 Å². The number of aromatic nitrogens is 1. The van der Waals surface area contributed by atoms with Crippen molar-refractivity contribution in [3.63, 3.8) is 0 Å². The second-order valence-electron chi connectivity index (χ2n) is 7.04. The van der Waals surface area contributed by atoms with Crippen LogP contribution in [0.15, 0.2) is 60.0 Å². The minimum absolute atomic E-state index is 0.0500. The van der Waals surface area contributed by atoms with Crippen molar-refractivity contribution < 1.29 is 9.53 Å². The number of ether oxygens (including phenoxy) is 1. The van der Waals surface area contributed by atoms with Crippen molar-refractivity contribution in [3.8, 4) is 22.4 Å². The standard InChI is InChI=1S/C23H22N4O2S/c1-29-19-9-7-17(8-10-19)21(15-24)26-11-13-27(14-12-26)23(28)20-16-30-22(25-20)18-5-3-2-4-6-18/h2-10,16,21H,11-14H2,1H3. The minimum Gasteiger partial charge on any atom is -0.497 e. The van der Waals surface area contributed by atoms with Crippen LogP contribution in [0, 0.1) is 11.3 Å². The predicted molar refractivity (Wildman–Crippen MR) is 116 cm³/mol. The summed E-state index contributed by atoms with van der Waals surface area (Å²) >= 11 is 1.48. The zero-order chi connectivity index (χ0) is 20.9. The molecule has 1 aliphatic heterocycles. The van der Waals surface area contributed by atoms with Crippen LogP contribution in [-0.2, 0) is 0 Å². The van der Waals surface area contributed by atoms with Gasteiger partial charge in [0.25, 0.3) is 5.91 Å². The van der Waals surface area contributed by atoms with E-state index in [2.05, 4.69) is 16.0 Å². The molecule has 1 saturated heterocycles. The zero-order valence-corrected chi connectivity index (χ0v) is 17.5. The number of hydrogen-bond acceptors (Lipinski definition) is 6. The first kappa shape index (κ1) is 20.1. The van der Waals surface area contributed by atoms with Crippen LogP contribution in [-0.4, -0.2) is 54.0 Å². The molecule has 1 aromatic heterocycles. The average molecular weight is 419 g/mol. The van der Waals surface area contributed by atoms with E-state index in [1.165, 1.54) is 11.3 Å². The Morgan fingerprint density at radius 3 is 2.43 bits per heavy atom. The molecule has 1 atom stereocenters. The van der Waals surface area contributed by atoms with E-state index in [0.29, 0.717) is 31.9 Å². The molecule has 152 valence electrons. The smallest absolute Gasteiger partial charge is 0.273 e. The maximum absolute atomic E-state index is 12.9. The summed E-state index contributed by atoms with van der Waals surface area (Å²) in [7, 11) is 1.62. The number of carbonyl (C=O) groups is 1. The van der Waals surface area contributed by atoms with Gasteiger partial charge in [-0.2, -0.15) is 5.26 Å². The molecule has 0 aliphatic carbocycles. The maximum atomic E-state index is 12.9. The van der Waals surface area contributed by atoms with Gasteiger partial charge in [0.1, 0.15) is 22.5 Å². The molecule has 30 heavy (non-hydrogen) atoms. The number of rotatable bonds is 5. The van der Waals surface area contributed by atoms with Crippen molar-refractivity contribution in [2.45, 2.75) is 6.04 Å². The number of piperazine rings is 1. The Balaban J connectivity index is 1.39. The maximum Gasteiger partial charge on any atom is 0.273 e. The van der Waals surface area contributed by atoms with Gasteiger partial charge in [0.15, 0.2) is 0 Å². The van der Waals surface area contributed by atoms with Crippen molar-refractivity contribution >= 4 is 17.2 Å². The summed E-state index contributed by atoms with van der Waals surface area (Å²) in [6.07, 6.45) is 0. The van der Waals surface area contributed by atoms with E-state index in [-0.39, 0.29) is 11.9 Å². The summed E-state index contributed by atoms with van der Waals surface area (Å²) in [5, 5.41) is 12.4. The van der Waals surface area contributed by atoms with Gasteiger partial charge in [0.2, 0.25) is 0 Å². The van der Waals surface area contributed by atoms with Crippen LogP contribution in [0.4, 0.5) is 0 Å². The number of amides is 1. The van der Waals surface area contributed by atoms with E-state index in [1.807, 2.05) is 64.9 Å². The molecule has 0 spiro atoms. The molecule has 2 heterocycles. The van der Waals surface area contributed by atoms with Crippen LogP contribution in [0.3, 0.4) is 0 Å². The molecule has 4 rings (SSSR count). The van der Waals surface area contributed by atoms with E-state index < -0.39 is 0 Å². The molecule has 6 nitrogen and oxygen atoms in total. The van der Waals surface area contributed by atoms with Crippen molar-refractivity contribution in [1.29, 1.82) is 5.26 Å². The summed E-state index contributed by atoms with van der Waals surface area (Å²) in [4.78, 5) is 21.4. The molecule has 1 unspecified atom stereocenters. The summed E-state index contributed by atoms with van der Waals surface area (Å²) in [5.74, 6) is 0.718. The van der Waals surface area contributed by atoms with Gasteiger partial charge in [-0.15, -0.1) is 11.3 Å². The highest BCUT2D eigenvalue weighted by molar-refractivity contribution is 7.13.